The van der Waals surface area contributed by atoms with Crippen molar-refractivity contribution < 1.29 is 4.74 Å². The number of nitrogens with zero attached hydrogens (tertiary/aromatic N) is 1. The Morgan fingerprint density at radius 2 is 2.05 bits per heavy atom. The van der Waals surface area contributed by atoms with Gasteiger partial charge in [-0.1, -0.05) is 18.1 Å². The fraction of sp³-hybridized carbons (Fsp3) is 0.400. The van der Waals surface area contributed by atoms with Gasteiger partial charge in [0.05, 0.1) is 13.7 Å². The summed E-state index contributed by atoms with van der Waals surface area (Å²) in [6.07, 6.45) is 6.10. The molecule has 0 aliphatic carbocycles. The van der Waals surface area contributed by atoms with Crippen LogP contribution in [0.5, 0.6) is 5.75 Å². The number of hydrogen-bond acceptors (Lipinski definition) is 2. The molecule has 0 aliphatic heterocycles. The van der Waals surface area contributed by atoms with Gasteiger partial charge >= 0.3 is 0 Å². The van der Waals surface area contributed by atoms with E-state index in [1.807, 2.05) is 19.1 Å². The van der Waals surface area contributed by atoms with Gasteiger partial charge in [-0.3, -0.25) is 4.99 Å². The largest absolute Gasteiger partial charge is 0.497 e. The van der Waals surface area contributed by atoms with Gasteiger partial charge in [0.2, 0.25) is 0 Å². The van der Waals surface area contributed by atoms with Crippen molar-refractivity contribution in [2.24, 2.45) is 4.99 Å². The second-order valence-electron chi connectivity index (χ2n) is 3.92. The van der Waals surface area contributed by atoms with Crippen LogP contribution in [0.3, 0.4) is 0 Å². The summed E-state index contributed by atoms with van der Waals surface area (Å²) < 4.78 is 5.12. The number of guanidine groups is 1. The molecule has 0 atom stereocenters. The first-order valence-corrected chi connectivity index (χ1v) is 6.38. The molecule has 0 saturated heterocycles. The number of methoxy groups -OCH3 is 1. The van der Waals surface area contributed by atoms with E-state index in [2.05, 4.69) is 33.7 Å². The van der Waals surface area contributed by atoms with Crippen LogP contribution in [0.2, 0.25) is 0 Å². The average molecular weight is 259 g/mol. The third kappa shape index (κ3) is 5.82. The average Bonchev–Trinajstić information content (AvgIpc) is 2.45. The molecule has 0 aromatic heterocycles. The summed E-state index contributed by atoms with van der Waals surface area (Å²) >= 11 is 0. The molecule has 0 aliphatic rings. The van der Waals surface area contributed by atoms with Crippen LogP contribution in [0.15, 0.2) is 29.3 Å². The fourth-order valence-electron chi connectivity index (χ4n) is 1.57. The molecule has 1 aromatic rings. The van der Waals surface area contributed by atoms with Crippen molar-refractivity contribution in [2.45, 2.75) is 13.3 Å². The Morgan fingerprint density at radius 1 is 1.32 bits per heavy atom. The summed E-state index contributed by atoms with van der Waals surface area (Å²) in [5, 5.41) is 6.20. The molecule has 4 nitrogen and oxygen atoms in total. The fourth-order valence-corrected chi connectivity index (χ4v) is 1.57. The summed E-state index contributed by atoms with van der Waals surface area (Å²) in [5.41, 5.74) is 1.23. The van der Waals surface area contributed by atoms with E-state index in [0.29, 0.717) is 13.1 Å². The van der Waals surface area contributed by atoms with Gasteiger partial charge in [0, 0.05) is 13.1 Å². The predicted molar refractivity (Wildman–Crippen MR) is 79.5 cm³/mol. The number of terminal acetylenes is 1. The lowest BCUT2D eigenvalue weighted by atomic mass is 10.1. The highest BCUT2D eigenvalue weighted by Crippen LogP contribution is 2.11. The lowest BCUT2D eigenvalue weighted by molar-refractivity contribution is 0.414. The van der Waals surface area contributed by atoms with Crippen LogP contribution in [-0.4, -0.2) is 32.7 Å². The second kappa shape index (κ2) is 8.87. The summed E-state index contributed by atoms with van der Waals surface area (Å²) in [6.45, 7) is 4.04. The molecule has 0 heterocycles. The normalized spacial score (nSPS) is 10.7. The van der Waals surface area contributed by atoms with Crippen molar-refractivity contribution in [1.29, 1.82) is 0 Å². The van der Waals surface area contributed by atoms with E-state index in [1.54, 1.807) is 7.11 Å². The highest BCUT2D eigenvalue weighted by atomic mass is 16.5. The number of ether oxygens (including phenoxy) is 1. The minimum atomic E-state index is 0.481. The number of benzene rings is 1. The molecule has 0 unspecified atom stereocenters. The molecule has 1 rings (SSSR count). The van der Waals surface area contributed by atoms with E-state index < -0.39 is 0 Å². The molecular formula is C15H21N3O. The first-order chi connectivity index (χ1) is 9.30. The molecule has 0 amide bonds. The van der Waals surface area contributed by atoms with Gasteiger partial charge in [0.25, 0.3) is 0 Å². The van der Waals surface area contributed by atoms with Gasteiger partial charge < -0.3 is 15.4 Å². The Hall–Kier alpha value is -2.15. The lowest BCUT2D eigenvalue weighted by Crippen LogP contribution is -2.37. The van der Waals surface area contributed by atoms with Gasteiger partial charge in [0.1, 0.15) is 5.75 Å². The third-order valence-electron chi connectivity index (χ3n) is 2.53. The van der Waals surface area contributed by atoms with Crippen molar-refractivity contribution in [3.8, 4) is 18.1 Å². The summed E-state index contributed by atoms with van der Waals surface area (Å²) in [5.74, 6) is 4.16. The van der Waals surface area contributed by atoms with Gasteiger partial charge in [-0.2, -0.15) is 0 Å². The highest BCUT2D eigenvalue weighted by molar-refractivity contribution is 5.79. The van der Waals surface area contributed by atoms with Crippen LogP contribution < -0.4 is 15.4 Å². The van der Waals surface area contributed by atoms with Crippen LogP contribution in [0.1, 0.15) is 12.5 Å². The smallest absolute Gasteiger partial charge is 0.192 e. The zero-order chi connectivity index (χ0) is 13.9. The number of rotatable bonds is 6. The Labute approximate surface area is 115 Å². The Morgan fingerprint density at radius 3 is 2.63 bits per heavy atom. The minimum Gasteiger partial charge on any atom is -0.497 e. The zero-order valence-electron chi connectivity index (χ0n) is 11.6. The van der Waals surface area contributed by atoms with E-state index in [4.69, 9.17) is 11.2 Å². The molecule has 0 fully saturated rings. The van der Waals surface area contributed by atoms with Crippen LogP contribution in [0.25, 0.3) is 0 Å². The predicted octanol–water partition coefficient (Wildman–Crippen LogP) is 1.43. The quantitative estimate of drug-likeness (QED) is 0.461. The summed E-state index contributed by atoms with van der Waals surface area (Å²) in [6, 6.07) is 8.02. The maximum Gasteiger partial charge on any atom is 0.192 e. The highest BCUT2D eigenvalue weighted by Gasteiger charge is 1.96. The molecule has 19 heavy (non-hydrogen) atoms. The van der Waals surface area contributed by atoms with E-state index in [1.165, 1.54) is 5.56 Å². The molecular weight excluding hydrogens is 238 g/mol. The van der Waals surface area contributed by atoms with Crippen LogP contribution in [0, 0.1) is 12.3 Å². The first kappa shape index (κ1) is 14.9. The number of nitrogens with one attached hydrogen (secondary N) is 2. The van der Waals surface area contributed by atoms with Gasteiger partial charge in [-0.25, -0.2) is 0 Å². The molecule has 0 bridgehead atoms. The van der Waals surface area contributed by atoms with Crippen molar-refractivity contribution in [2.75, 3.05) is 26.7 Å². The monoisotopic (exact) mass is 259 g/mol. The number of hydrogen-bond donors (Lipinski definition) is 2. The molecule has 0 radical (unpaired) electrons. The van der Waals surface area contributed by atoms with Crippen molar-refractivity contribution in [3.63, 3.8) is 0 Å². The third-order valence-corrected chi connectivity index (χ3v) is 2.53. The van der Waals surface area contributed by atoms with Crippen molar-refractivity contribution in [3.05, 3.63) is 29.8 Å². The van der Waals surface area contributed by atoms with Crippen molar-refractivity contribution >= 4 is 5.96 Å². The van der Waals surface area contributed by atoms with E-state index in [-0.39, 0.29) is 0 Å². The Kier molecular flexibility index (Phi) is 6.96. The van der Waals surface area contributed by atoms with Gasteiger partial charge in [-0.15, -0.1) is 6.42 Å². The molecule has 2 N–H and O–H groups in total. The van der Waals surface area contributed by atoms with Crippen LogP contribution >= 0.6 is 0 Å². The van der Waals surface area contributed by atoms with Gasteiger partial charge in [-0.05, 0) is 31.0 Å². The molecule has 0 spiro atoms. The van der Waals surface area contributed by atoms with E-state index >= 15 is 0 Å². The zero-order valence-corrected chi connectivity index (χ0v) is 11.6. The number of aliphatic imine (C=N–C) groups is 1. The van der Waals surface area contributed by atoms with E-state index in [9.17, 15) is 0 Å². The lowest BCUT2D eigenvalue weighted by Gasteiger charge is -2.08. The summed E-state index contributed by atoms with van der Waals surface area (Å²) in [4.78, 5) is 4.46. The summed E-state index contributed by atoms with van der Waals surface area (Å²) in [7, 11) is 1.67. The topological polar surface area (TPSA) is 45.7 Å². The van der Waals surface area contributed by atoms with Crippen molar-refractivity contribution in [1.82, 2.24) is 10.6 Å². The first-order valence-electron chi connectivity index (χ1n) is 6.38. The van der Waals surface area contributed by atoms with Crippen LogP contribution in [0.4, 0.5) is 0 Å². The Balaban J connectivity index is 2.46. The van der Waals surface area contributed by atoms with E-state index in [0.717, 1.165) is 24.7 Å². The van der Waals surface area contributed by atoms with Crippen LogP contribution in [-0.2, 0) is 6.42 Å². The molecule has 4 heteroatoms. The molecule has 0 saturated carbocycles. The molecule has 102 valence electrons. The standard InChI is InChI=1S/C15H21N3O/c1-4-11-17-15(16-5-2)18-12-10-13-6-8-14(19-3)9-7-13/h1,6-9H,5,10-12H2,2-3H3,(H2,16,17,18). The minimum absolute atomic E-state index is 0.481. The Bertz CT molecular complexity index is 432. The maximum atomic E-state index is 5.21. The molecule has 1 aromatic carbocycles. The second-order valence-corrected chi connectivity index (χ2v) is 3.92. The maximum absolute atomic E-state index is 5.21. The van der Waals surface area contributed by atoms with Gasteiger partial charge in [0.15, 0.2) is 5.96 Å². The SMILES string of the molecule is C#CCNC(=NCCc1ccc(OC)cc1)NCC.